The first-order chi connectivity index (χ1) is 20.4. The van der Waals surface area contributed by atoms with Crippen molar-refractivity contribution < 1.29 is 23.5 Å². The first-order valence-corrected chi connectivity index (χ1v) is 14.8. The molecule has 2 fully saturated rings. The lowest BCUT2D eigenvalue weighted by molar-refractivity contribution is -0.144. The van der Waals surface area contributed by atoms with Crippen molar-refractivity contribution in [2.24, 2.45) is 5.92 Å². The van der Waals surface area contributed by atoms with Gasteiger partial charge in [0.05, 0.1) is 35.9 Å². The summed E-state index contributed by atoms with van der Waals surface area (Å²) in [5.74, 6) is 0.506. The Morgan fingerprint density at radius 1 is 1.17 bits per heavy atom. The van der Waals surface area contributed by atoms with Gasteiger partial charge in [-0.05, 0) is 69.3 Å². The minimum Gasteiger partial charge on any atom is -0.491 e. The fourth-order valence-electron chi connectivity index (χ4n) is 5.02. The molecule has 5 rings (SSSR count). The Bertz CT molecular complexity index is 1460. The molecule has 1 aliphatic carbocycles. The van der Waals surface area contributed by atoms with E-state index in [0.29, 0.717) is 65.9 Å². The summed E-state index contributed by atoms with van der Waals surface area (Å²) < 4.78 is 24.9. The van der Waals surface area contributed by atoms with Crippen LogP contribution in [0.4, 0.5) is 21.6 Å². The van der Waals surface area contributed by atoms with Gasteiger partial charge in [-0.15, -0.1) is 0 Å². The summed E-state index contributed by atoms with van der Waals surface area (Å²) in [4.78, 5) is 36.1. The molecule has 9 nitrogen and oxygen atoms in total. The number of carbonyl (C=O) groups excluding carboxylic acids is 2. The Kier molecular flexibility index (Phi) is 9.86. The van der Waals surface area contributed by atoms with Crippen LogP contribution in [0.5, 0.6) is 5.75 Å². The van der Waals surface area contributed by atoms with E-state index in [4.69, 9.17) is 21.1 Å². The molecule has 1 unspecified atom stereocenters. The maximum atomic E-state index is 13.7. The Morgan fingerprint density at radius 2 is 2.02 bits per heavy atom. The summed E-state index contributed by atoms with van der Waals surface area (Å²) in [6.45, 7) is 4.17. The Morgan fingerprint density at radius 3 is 2.81 bits per heavy atom. The number of nitrogens with zero attached hydrogens (tertiary/aromatic N) is 3. The van der Waals surface area contributed by atoms with Crippen molar-refractivity contribution in [1.82, 2.24) is 14.9 Å². The quantitative estimate of drug-likeness (QED) is 0.187. The smallest absolute Gasteiger partial charge is 0.307 e. The van der Waals surface area contributed by atoms with E-state index >= 15 is 0 Å². The van der Waals surface area contributed by atoms with E-state index in [-0.39, 0.29) is 22.9 Å². The van der Waals surface area contributed by atoms with Gasteiger partial charge in [-0.25, -0.2) is 14.4 Å². The number of anilines is 3. The molecule has 2 heterocycles. The van der Waals surface area contributed by atoms with E-state index in [1.165, 1.54) is 24.5 Å². The third-order valence-corrected chi connectivity index (χ3v) is 7.70. The summed E-state index contributed by atoms with van der Waals surface area (Å²) in [5.41, 5.74) is 1.67. The van der Waals surface area contributed by atoms with E-state index in [2.05, 4.69) is 25.5 Å². The molecule has 222 valence electrons. The van der Waals surface area contributed by atoms with Crippen molar-refractivity contribution in [3.8, 4) is 5.75 Å². The Balaban J connectivity index is 1.32. The Hall–Kier alpha value is -3.76. The zero-order valence-corrected chi connectivity index (χ0v) is 24.3. The first-order valence-electron chi connectivity index (χ1n) is 14.4. The lowest BCUT2D eigenvalue weighted by atomic mass is 9.99. The number of ether oxygens (including phenoxy) is 2. The number of benzene rings is 2. The average Bonchev–Trinajstić information content (AvgIpc) is 3.80. The second-order valence-electron chi connectivity index (χ2n) is 10.6. The van der Waals surface area contributed by atoms with Crippen molar-refractivity contribution in [3.05, 3.63) is 59.7 Å². The molecule has 1 saturated carbocycles. The second kappa shape index (κ2) is 13.9. The fraction of sp³-hybridized carbons (Fsp3) is 0.419. The van der Waals surface area contributed by atoms with Crippen LogP contribution in [-0.4, -0.2) is 59.1 Å². The van der Waals surface area contributed by atoms with Crippen LogP contribution in [0.1, 0.15) is 45.4 Å². The third kappa shape index (κ3) is 7.95. The standard InChI is InChI=1S/C31H35ClFN5O4/c1-2-41-30(40)15-22-6-3-4-12-38(22)13-5-7-29(39)37-27-16-23-26(17-28(27)42-18-20-8-9-20)34-19-35-31(23)36-21-10-11-25(33)24(32)14-21/h5,7,10-11,14,16-17,19-20,22H,2-4,6,8-9,12-13,15,18H2,1H3,(H,37,39)(H,34,35,36)/b7-5+. The number of nitrogens with one attached hydrogen (secondary N) is 2. The zero-order chi connectivity index (χ0) is 29.5. The van der Waals surface area contributed by atoms with Crippen LogP contribution in [0.3, 0.4) is 0 Å². The summed E-state index contributed by atoms with van der Waals surface area (Å²) in [5, 5.41) is 6.75. The number of likely N-dealkylation sites (tertiary alicyclic amines) is 1. The number of esters is 1. The number of amides is 1. The van der Waals surface area contributed by atoms with Gasteiger partial charge in [0.1, 0.15) is 23.7 Å². The number of fused-ring (bicyclic) bond motifs is 1. The highest BCUT2D eigenvalue weighted by molar-refractivity contribution is 6.31. The number of piperidine rings is 1. The van der Waals surface area contributed by atoms with E-state index in [9.17, 15) is 14.0 Å². The molecule has 0 bridgehead atoms. The predicted molar refractivity (Wildman–Crippen MR) is 161 cm³/mol. The van der Waals surface area contributed by atoms with Crippen LogP contribution in [0.2, 0.25) is 5.02 Å². The maximum Gasteiger partial charge on any atom is 0.307 e. The molecule has 2 aliphatic rings. The van der Waals surface area contributed by atoms with Crippen molar-refractivity contribution >= 4 is 51.6 Å². The van der Waals surface area contributed by atoms with E-state index < -0.39 is 5.82 Å². The lowest BCUT2D eigenvalue weighted by Gasteiger charge is -2.34. The van der Waals surface area contributed by atoms with Gasteiger partial charge in [-0.1, -0.05) is 24.1 Å². The van der Waals surface area contributed by atoms with Crippen molar-refractivity contribution in [3.63, 3.8) is 0 Å². The monoisotopic (exact) mass is 595 g/mol. The van der Waals surface area contributed by atoms with Gasteiger partial charge < -0.3 is 20.1 Å². The SMILES string of the molecule is CCOC(=O)CC1CCCCN1C/C=C/C(=O)Nc1cc2c(Nc3ccc(F)c(Cl)c3)ncnc2cc1OCC1CC1. The first kappa shape index (κ1) is 29.7. The average molecular weight is 596 g/mol. The predicted octanol–water partition coefficient (Wildman–Crippen LogP) is 6.26. The van der Waals surface area contributed by atoms with Crippen LogP contribution in [0.25, 0.3) is 10.9 Å². The van der Waals surface area contributed by atoms with Gasteiger partial charge in [0.15, 0.2) is 0 Å². The summed E-state index contributed by atoms with van der Waals surface area (Å²) in [7, 11) is 0. The van der Waals surface area contributed by atoms with E-state index in [0.717, 1.165) is 38.6 Å². The molecule has 3 aromatic rings. The number of hydrogen-bond donors (Lipinski definition) is 2. The van der Waals surface area contributed by atoms with Crippen molar-refractivity contribution in [2.75, 3.05) is 36.9 Å². The number of halogens is 2. The van der Waals surface area contributed by atoms with Crippen LogP contribution in [0.15, 0.2) is 48.8 Å². The second-order valence-corrected chi connectivity index (χ2v) is 11.0. The molecule has 0 radical (unpaired) electrons. The molecule has 1 amide bonds. The molecular formula is C31H35ClFN5O4. The van der Waals surface area contributed by atoms with Gasteiger partial charge in [0.25, 0.3) is 0 Å². The van der Waals surface area contributed by atoms with Crippen molar-refractivity contribution in [1.29, 1.82) is 0 Å². The molecule has 1 aromatic heterocycles. The van der Waals surface area contributed by atoms with Crippen molar-refractivity contribution in [2.45, 2.75) is 51.5 Å². The van der Waals surface area contributed by atoms with Gasteiger partial charge in [0, 0.05) is 35.8 Å². The molecule has 1 atom stereocenters. The fourth-order valence-corrected chi connectivity index (χ4v) is 5.20. The molecule has 0 spiro atoms. The minimum atomic E-state index is -0.514. The van der Waals surface area contributed by atoms with Crippen LogP contribution >= 0.6 is 11.6 Å². The van der Waals surface area contributed by atoms with Crippen LogP contribution in [0, 0.1) is 11.7 Å². The van der Waals surface area contributed by atoms with Crippen LogP contribution < -0.4 is 15.4 Å². The highest BCUT2D eigenvalue weighted by atomic mass is 35.5. The van der Waals surface area contributed by atoms with Gasteiger partial charge >= 0.3 is 5.97 Å². The van der Waals surface area contributed by atoms with E-state index in [1.807, 2.05) is 13.0 Å². The number of carbonyl (C=O) groups is 2. The number of aromatic nitrogens is 2. The highest BCUT2D eigenvalue weighted by Crippen LogP contribution is 2.36. The molecular weight excluding hydrogens is 561 g/mol. The molecule has 1 aliphatic heterocycles. The minimum absolute atomic E-state index is 0.00868. The summed E-state index contributed by atoms with van der Waals surface area (Å²) >= 11 is 5.96. The molecule has 1 saturated heterocycles. The van der Waals surface area contributed by atoms with Crippen LogP contribution in [-0.2, 0) is 14.3 Å². The summed E-state index contributed by atoms with van der Waals surface area (Å²) in [6.07, 6.45) is 10.4. The van der Waals surface area contributed by atoms with Gasteiger partial charge in [0.2, 0.25) is 5.91 Å². The molecule has 42 heavy (non-hydrogen) atoms. The van der Waals surface area contributed by atoms with Gasteiger partial charge in [-0.2, -0.15) is 0 Å². The number of rotatable bonds is 12. The normalized spacial score (nSPS) is 17.4. The van der Waals surface area contributed by atoms with Gasteiger partial charge in [-0.3, -0.25) is 14.5 Å². The Labute approximate surface area is 249 Å². The maximum absolute atomic E-state index is 13.7. The molecule has 2 aromatic carbocycles. The third-order valence-electron chi connectivity index (χ3n) is 7.41. The largest absolute Gasteiger partial charge is 0.491 e. The van der Waals surface area contributed by atoms with E-state index in [1.54, 1.807) is 18.2 Å². The highest BCUT2D eigenvalue weighted by Gasteiger charge is 2.25. The number of hydrogen-bond acceptors (Lipinski definition) is 8. The molecule has 11 heteroatoms. The topological polar surface area (TPSA) is 106 Å². The summed E-state index contributed by atoms with van der Waals surface area (Å²) in [6, 6.07) is 7.99. The zero-order valence-electron chi connectivity index (χ0n) is 23.6. The molecule has 2 N–H and O–H groups in total. The lowest BCUT2D eigenvalue weighted by Crippen LogP contribution is -2.41.